The van der Waals surface area contributed by atoms with Crippen LogP contribution in [0.1, 0.15) is 42.2 Å². The summed E-state index contributed by atoms with van der Waals surface area (Å²) in [5.74, 6) is 0. The summed E-state index contributed by atoms with van der Waals surface area (Å²) < 4.78 is 0. The maximum Gasteiger partial charge on any atom is 0.269 e. The van der Waals surface area contributed by atoms with Gasteiger partial charge in [-0.3, -0.25) is 15.1 Å². The molecule has 0 amide bonds. The van der Waals surface area contributed by atoms with Crippen LogP contribution in [0.2, 0.25) is 0 Å². The first kappa shape index (κ1) is 13.7. The third-order valence-corrected chi connectivity index (χ3v) is 3.99. The summed E-state index contributed by atoms with van der Waals surface area (Å²) in [6.07, 6.45) is 3.87. The molecule has 0 saturated heterocycles. The van der Waals surface area contributed by atoms with Crippen LogP contribution >= 0.6 is 0 Å². The van der Waals surface area contributed by atoms with E-state index in [1.165, 1.54) is 11.6 Å². The number of nitrogens with one attached hydrogen (secondary N) is 1. The van der Waals surface area contributed by atoms with Crippen molar-refractivity contribution in [3.63, 3.8) is 0 Å². The number of nitro benzene ring substituents is 1. The fraction of sp³-hybridized carbons (Fsp3) is 0.312. The maximum atomic E-state index is 10.9. The van der Waals surface area contributed by atoms with Crippen molar-refractivity contribution in [1.82, 2.24) is 10.3 Å². The van der Waals surface area contributed by atoms with Gasteiger partial charge in [0.25, 0.3) is 5.69 Å². The van der Waals surface area contributed by atoms with Gasteiger partial charge in [0.2, 0.25) is 0 Å². The number of nitro groups is 1. The first-order valence-electron chi connectivity index (χ1n) is 7.09. The summed E-state index contributed by atoms with van der Waals surface area (Å²) >= 11 is 0. The van der Waals surface area contributed by atoms with Crippen molar-refractivity contribution in [2.45, 2.75) is 31.8 Å². The van der Waals surface area contributed by atoms with Crippen LogP contribution in [0.3, 0.4) is 0 Å². The van der Waals surface area contributed by atoms with Crippen LogP contribution < -0.4 is 5.32 Å². The second kappa shape index (κ2) is 5.61. The van der Waals surface area contributed by atoms with Crippen LogP contribution in [0.5, 0.6) is 0 Å². The Morgan fingerprint density at radius 3 is 3.05 bits per heavy atom. The molecule has 21 heavy (non-hydrogen) atoms. The van der Waals surface area contributed by atoms with E-state index in [1.807, 2.05) is 25.3 Å². The Kier molecular flexibility index (Phi) is 3.66. The average Bonchev–Trinajstić information content (AvgIpc) is 2.91. The van der Waals surface area contributed by atoms with E-state index in [1.54, 1.807) is 12.1 Å². The summed E-state index contributed by atoms with van der Waals surface area (Å²) in [6.45, 7) is 2.03. The monoisotopic (exact) mass is 283 g/mol. The number of aryl methyl sites for hydroxylation is 1. The number of pyridine rings is 1. The molecular formula is C16H17N3O2. The van der Waals surface area contributed by atoms with Crippen LogP contribution in [0.15, 0.2) is 42.6 Å². The number of non-ortho nitro benzene ring substituents is 1. The molecule has 1 N–H and O–H groups in total. The van der Waals surface area contributed by atoms with Gasteiger partial charge in [-0.1, -0.05) is 18.2 Å². The number of hydrogen-bond acceptors (Lipinski definition) is 4. The normalized spacial score (nSPS) is 18.2. The molecule has 1 aliphatic carbocycles. The van der Waals surface area contributed by atoms with Crippen molar-refractivity contribution in [3.8, 4) is 0 Å². The Balaban J connectivity index is 1.77. The molecular weight excluding hydrogens is 266 g/mol. The number of nitrogens with zero attached hydrogens (tertiary/aromatic N) is 2. The van der Waals surface area contributed by atoms with Crippen molar-refractivity contribution in [1.29, 1.82) is 0 Å². The van der Waals surface area contributed by atoms with E-state index in [0.29, 0.717) is 0 Å². The van der Waals surface area contributed by atoms with Crippen molar-refractivity contribution in [3.05, 3.63) is 69.5 Å². The molecule has 0 saturated carbocycles. The molecule has 5 nitrogen and oxygen atoms in total. The standard InChI is InChI=1S/C16H17N3O2/c1-11(13-4-2-6-14(10-13)19(20)21)18-15-8-7-12-5-3-9-17-16(12)15/h2-6,9-11,15,18H,7-8H2,1H3. The van der Waals surface area contributed by atoms with Gasteiger partial charge in [0.1, 0.15) is 0 Å². The van der Waals surface area contributed by atoms with Gasteiger partial charge in [-0.2, -0.15) is 0 Å². The average molecular weight is 283 g/mol. The van der Waals surface area contributed by atoms with Gasteiger partial charge in [-0.25, -0.2) is 0 Å². The second-order valence-corrected chi connectivity index (χ2v) is 5.38. The Labute approximate surface area is 123 Å². The Bertz CT molecular complexity index is 672. The van der Waals surface area contributed by atoms with Gasteiger partial charge in [0.05, 0.1) is 16.7 Å². The predicted octanol–water partition coefficient (Wildman–Crippen LogP) is 3.33. The Morgan fingerprint density at radius 2 is 2.24 bits per heavy atom. The van der Waals surface area contributed by atoms with E-state index < -0.39 is 0 Å². The van der Waals surface area contributed by atoms with Crippen LogP contribution in [-0.4, -0.2) is 9.91 Å². The highest BCUT2D eigenvalue weighted by molar-refractivity contribution is 5.36. The minimum atomic E-state index is -0.358. The lowest BCUT2D eigenvalue weighted by Crippen LogP contribution is -2.23. The molecule has 1 heterocycles. The van der Waals surface area contributed by atoms with Crippen LogP contribution in [0.25, 0.3) is 0 Å². The van der Waals surface area contributed by atoms with E-state index in [9.17, 15) is 10.1 Å². The van der Waals surface area contributed by atoms with Crippen LogP contribution in [-0.2, 0) is 6.42 Å². The van der Waals surface area contributed by atoms with Crippen molar-refractivity contribution < 1.29 is 4.92 Å². The summed E-state index contributed by atoms with van der Waals surface area (Å²) in [6, 6.07) is 11.1. The quantitative estimate of drug-likeness (QED) is 0.690. The topological polar surface area (TPSA) is 68.1 Å². The van der Waals surface area contributed by atoms with E-state index in [0.717, 1.165) is 24.1 Å². The molecule has 3 rings (SSSR count). The van der Waals surface area contributed by atoms with Gasteiger partial charge in [-0.15, -0.1) is 0 Å². The number of fused-ring (bicyclic) bond motifs is 1. The molecule has 0 bridgehead atoms. The molecule has 0 radical (unpaired) electrons. The number of benzene rings is 1. The molecule has 0 spiro atoms. The minimum absolute atomic E-state index is 0.0443. The maximum absolute atomic E-state index is 10.9. The number of aromatic nitrogens is 1. The SMILES string of the molecule is CC(NC1CCc2cccnc21)c1cccc([N+](=O)[O-])c1. The van der Waals surface area contributed by atoms with Crippen molar-refractivity contribution in [2.75, 3.05) is 0 Å². The second-order valence-electron chi connectivity index (χ2n) is 5.38. The van der Waals surface area contributed by atoms with Crippen LogP contribution in [0.4, 0.5) is 5.69 Å². The van der Waals surface area contributed by atoms with Gasteiger partial charge in [-0.05, 0) is 37.0 Å². The third kappa shape index (κ3) is 2.78. The largest absolute Gasteiger partial charge is 0.302 e. The third-order valence-electron chi connectivity index (χ3n) is 3.99. The highest BCUT2D eigenvalue weighted by atomic mass is 16.6. The zero-order valence-electron chi connectivity index (χ0n) is 11.8. The fourth-order valence-electron chi connectivity index (χ4n) is 2.88. The number of hydrogen-bond donors (Lipinski definition) is 1. The summed E-state index contributed by atoms with van der Waals surface area (Å²) in [7, 11) is 0. The highest BCUT2D eigenvalue weighted by Crippen LogP contribution is 2.31. The molecule has 1 aliphatic rings. The summed E-state index contributed by atoms with van der Waals surface area (Å²) in [4.78, 5) is 15.0. The lowest BCUT2D eigenvalue weighted by atomic mass is 10.1. The molecule has 2 atom stereocenters. The Morgan fingerprint density at radius 1 is 1.38 bits per heavy atom. The minimum Gasteiger partial charge on any atom is -0.302 e. The number of rotatable bonds is 4. The van der Waals surface area contributed by atoms with Gasteiger partial charge < -0.3 is 5.32 Å². The van der Waals surface area contributed by atoms with Gasteiger partial charge in [0, 0.05) is 24.4 Å². The molecule has 108 valence electrons. The zero-order chi connectivity index (χ0) is 14.8. The highest BCUT2D eigenvalue weighted by Gasteiger charge is 2.25. The molecule has 2 unspecified atom stereocenters. The smallest absolute Gasteiger partial charge is 0.269 e. The van der Waals surface area contributed by atoms with E-state index in [2.05, 4.69) is 16.4 Å². The fourth-order valence-corrected chi connectivity index (χ4v) is 2.88. The van der Waals surface area contributed by atoms with E-state index >= 15 is 0 Å². The molecule has 0 fully saturated rings. The van der Waals surface area contributed by atoms with Crippen molar-refractivity contribution >= 4 is 5.69 Å². The lowest BCUT2D eigenvalue weighted by Gasteiger charge is -2.20. The predicted molar refractivity (Wildman–Crippen MR) is 79.9 cm³/mol. The van der Waals surface area contributed by atoms with E-state index in [4.69, 9.17) is 0 Å². The lowest BCUT2D eigenvalue weighted by molar-refractivity contribution is -0.384. The molecule has 1 aromatic carbocycles. The summed E-state index contributed by atoms with van der Waals surface area (Å²) in [5.41, 5.74) is 3.45. The molecule has 2 aromatic rings. The van der Waals surface area contributed by atoms with Crippen LogP contribution in [0, 0.1) is 10.1 Å². The first-order chi connectivity index (χ1) is 10.1. The van der Waals surface area contributed by atoms with Gasteiger partial charge in [0.15, 0.2) is 0 Å². The van der Waals surface area contributed by atoms with E-state index in [-0.39, 0.29) is 22.7 Å². The van der Waals surface area contributed by atoms with Gasteiger partial charge >= 0.3 is 0 Å². The molecule has 5 heteroatoms. The summed E-state index contributed by atoms with van der Waals surface area (Å²) in [5, 5.41) is 14.4. The molecule has 1 aromatic heterocycles. The Hall–Kier alpha value is -2.27. The molecule has 0 aliphatic heterocycles. The first-order valence-corrected chi connectivity index (χ1v) is 7.09. The van der Waals surface area contributed by atoms with Crippen molar-refractivity contribution in [2.24, 2.45) is 0 Å². The zero-order valence-corrected chi connectivity index (χ0v) is 11.8.